The fraction of sp³-hybridized carbons (Fsp3) is 0.753. The van der Waals surface area contributed by atoms with Crippen molar-refractivity contribution in [2.75, 3.05) is 240 Å². The van der Waals surface area contributed by atoms with Crippen molar-refractivity contribution in [3.8, 4) is 0 Å². The van der Waals surface area contributed by atoms with Gasteiger partial charge in [0.2, 0.25) is 29.5 Å². The Morgan fingerprint density at radius 2 is 0.643 bits per heavy atom. The Morgan fingerprint density at radius 3 is 0.960 bits per heavy atom. The summed E-state index contributed by atoms with van der Waals surface area (Å²) in [6.07, 6.45) is 13.6. The van der Waals surface area contributed by atoms with Crippen LogP contribution in [0.15, 0.2) is 48.6 Å². The molecule has 0 aromatic heterocycles. The molecule has 0 spiro atoms. The van der Waals surface area contributed by atoms with Crippen molar-refractivity contribution in [1.82, 2.24) is 26.6 Å². The van der Waals surface area contributed by atoms with Gasteiger partial charge in [-0.2, -0.15) is 0 Å². The first-order valence-corrected chi connectivity index (χ1v) is 44.1. The summed E-state index contributed by atoms with van der Waals surface area (Å²) in [6, 6.07) is 4.30. The van der Waals surface area contributed by atoms with Gasteiger partial charge in [0.1, 0.15) is 6.04 Å². The van der Waals surface area contributed by atoms with Crippen LogP contribution in [0.2, 0.25) is 0 Å². The minimum absolute atomic E-state index is 0.0865. The lowest BCUT2D eigenvalue weighted by Gasteiger charge is -2.25. The zero-order chi connectivity index (χ0) is 92.8. The second-order valence-corrected chi connectivity index (χ2v) is 29.2. The number of carbonyl (C=O) groups excluding carboxylic acids is 11. The minimum Gasteiger partial charge on any atom is -0.480 e. The van der Waals surface area contributed by atoms with Crippen LogP contribution in [0.5, 0.6) is 0 Å². The Labute approximate surface area is 745 Å². The number of ketones is 4. The summed E-state index contributed by atoms with van der Waals surface area (Å²) in [6.45, 7) is 19.4. The van der Waals surface area contributed by atoms with Crippen molar-refractivity contribution in [3.05, 3.63) is 59.7 Å². The third-order valence-corrected chi connectivity index (χ3v) is 18.5. The van der Waals surface area contributed by atoms with E-state index in [0.29, 0.717) is 275 Å². The number of carbonyl (C=O) groups is 12. The quantitative estimate of drug-likeness (QED) is 0.0249. The van der Waals surface area contributed by atoms with E-state index in [-0.39, 0.29) is 124 Å². The van der Waals surface area contributed by atoms with Gasteiger partial charge in [-0.1, -0.05) is 63.8 Å². The average Bonchev–Trinajstić information content (AvgIpc) is 0.856. The third-order valence-electron chi connectivity index (χ3n) is 18.5. The van der Waals surface area contributed by atoms with E-state index in [1.807, 2.05) is 13.8 Å². The highest BCUT2D eigenvalue weighted by Gasteiger charge is 2.31. The maximum absolute atomic E-state index is 13.9. The number of nitrogens with one attached hydrogen (secondary N) is 5. The second-order valence-electron chi connectivity index (χ2n) is 29.2. The van der Waals surface area contributed by atoms with Crippen LogP contribution in [-0.4, -0.2) is 339 Å². The van der Waals surface area contributed by atoms with Gasteiger partial charge in [-0.25, -0.2) is 14.4 Å². The van der Waals surface area contributed by atoms with E-state index in [4.69, 9.17) is 75.8 Å². The summed E-state index contributed by atoms with van der Waals surface area (Å²) < 4.78 is 94.8. The Kier molecular flexibility index (Phi) is 81.6. The predicted octanol–water partition coefficient (Wildman–Crippen LogP) is 5.22. The number of aliphatic hydroxyl groups excluding tert-OH is 1. The van der Waals surface area contributed by atoms with Crippen LogP contribution in [0, 0.1) is 11.8 Å². The van der Waals surface area contributed by atoms with Gasteiger partial charge in [-0.3, -0.25) is 43.2 Å². The maximum atomic E-state index is 13.9. The highest BCUT2D eigenvalue weighted by atomic mass is 16.6. The first-order valence-electron chi connectivity index (χ1n) is 44.1. The van der Waals surface area contributed by atoms with Gasteiger partial charge in [0.05, 0.1) is 231 Å². The number of esters is 2. The molecule has 0 saturated carbocycles. The van der Waals surface area contributed by atoms with Gasteiger partial charge in [0.25, 0.3) is 0 Å². The molecule has 5 amide bonds. The van der Waals surface area contributed by atoms with Crippen molar-refractivity contribution >= 4 is 70.6 Å². The smallest absolute Gasteiger partial charge is 0.330 e. The van der Waals surface area contributed by atoms with E-state index >= 15 is 0 Å². The average molecular weight is 1800 g/mol. The molecule has 724 valence electrons. The molecule has 1 rings (SSSR count). The molecule has 0 heterocycles. The molecule has 0 fully saturated rings. The number of carboxylic acids is 1. The van der Waals surface area contributed by atoms with Gasteiger partial charge in [0, 0.05) is 96.7 Å². The number of Topliss-reactive ketones (excluding diaryl/α,β-unsaturated/α-hetero) is 2. The number of methoxy groups -OCH3 is 4. The standard InChI is InChI=1S/C53H87N3O17.C36H64N2O15/c1-41(2)46(53(64)55-42(3)48(59)38-43-15-17-44(40-57)18-16-43)39-49(60)47(56-51(62)14-9-7-6-8-12-45(58)19-20-52(63)66-5)13-10-11-22-54-50(61)21-23-67-26-27-69-30-31-71-34-35-73-37-36-72-33-32-70-29-28-68-25-24-65-4;1-45-17-18-48-21-22-50-25-26-52-29-30-53-28-27-51-24-23-49-20-19-47-16-14-33(40)37-15-8-7-10-32(36(43)44)38-34(41)11-6-4-3-5-9-31(39)12-13-35(42)46-2/h15-20,41-42,46-47,57H,6-14,21-40H2,1-5H3,(H,54,61)(H,55,64)(H,56,62);12-13,32H,3-11,14-30H2,1-2H3,(H,37,40)(H,38,41)(H,43,44)/b20-19-;13-12-/t42-,46-,47-;32-/m00/s1. The second kappa shape index (κ2) is 86.8. The van der Waals surface area contributed by atoms with Crippen LogP contribution < -0.4 is 26.6 Å². The number of amides is 5. The summed E-state index contributed by atoms with van der Waals surface area (Å²) in [7, 11) is 5.72. The van der Waals surface area contributed by atoms with E-state index in [1.165, 1.54) is 26.4 Å². The summed E-state index contributed by atoms with van der Waals surface area (Å²) in [4.78, 5) is 148. The molecule has 0 aliphatic heterocycles. The number of carboxylic acid groups (broad SMARTS) is 1. The summed E-state index contributed by atoms with van der Waals surface area (Å²) >= 11 is 0. The number of unbranched alkanes of at least 4 members (excludes halogenated alkanes) is 8. The van der Waals surface area contributed by atoms with Gasteiger partial charge < -0.3 is 122 Å². The number of rotatable bonds is 89. The molecule has 1 aromatic rings. The molecular formula is C89H151N5O32. The van der Waals surface area contributed by atoms with Gasteiger partial charge in [-0.15, -0.1) is 0 Å². The van der Waals surface area contributed by atoms with Crippen molar-refractivity contribution < 1.29 is 153 Å². The molecule has 4 atom stereocenters. The van der Waals surface area contributed by atoms with Crippen molar-refractivity contribution in [2.24, 2.45) is 11.8 Å². The third kappa shape index (κ3) is 76.5. The normalized spacial score (nSPS) is 12.3. The largest absolute Gasteiger partial charge is 0.480 e. The van der Waals surface area contributed by atoms with E-state index in [2.05, 4.69) is 36.1 Å². The van der Waals surface area contributed by atoms with Crippen molar-refractivity contribution in [1.29, 1.82) is 0 Å². The molecule has 37 heteroatoms. The van der Waals surface area contributed by atoms with Crippen LogP contribution in [-0.2, 0) is 156 Å². The lowest BCUT2D eigenvalue weighted by atomic mass is 9.86. The van der Waals surface area contributed by atoms with Crippen molar-refractivity contribution in [2.45, 2.75) is 187 Å². The first-order chi connectivity index (χ1) is 61.1. The number of allylic oxidation sites excluding steroid dienone is 2. The van der Waals surface area contributed by atoms with Crippen LogP contribution in [0.1, 0.15) is 167 Å². The van der Waals surface area contributed by atoms with Crippen molar-refractivity contribution in [3.63, 3.8) is 0 Å². The highest BCUT2D eigenvalue weighted by Crippen LogP contribution is 2.20. The first kappa shape index (κ1) is 118. The zero-order valence-corrected chi connectivity index (χ0v) is 76.0. The van der Waals surface area contributed by atoms with Crippen LogP contribution in [0.25, 0.3) is 0 Å². The summed E-state index contributed by atoms with van der Waals surface area (Å²) in [5.41, 5.74) is 1.47. The van der Waals surface area contributed by atoms with Gasteiger partial charge >= 0.3 is 17.9 Å². The molecule has 126 heavy (non-hydrogen) atoms. The zero-order valence-electron chi connectivity index (χ0n) is 76.0. The predicted molar refractivity (Wildman–Crippen MR) is 464 cm³/mol. The Morgan fingerprint density at radius 1 is 0.333 bits per heavy atom. The molecule has 0 aliphatic carbocycles. The molecule has 0 radical (unpaired) electrons. The molecule has 0 bridgehead atoms. The lowest BCUT2D eigenvalue weighted by molar-refractivity contribution is -0.142. The fourth-order valence-electron chi connectivity index (χ4n) is 11.1. The molecule has 0 unspecified atom stereocenters. The number of hydrogen-bond acceptors (Lipinski definition) is 31. The van der Waals surface area contributed by atoms with Crippen LogP contribution in [0.3, 0.4) is 0 Å². The monoisotopic (exact) mass is 1800 g/mol. The van der Waals surface area contributed by atoms with E-state index in [0.717, 1.165) is 36.1 Å². The Bertz CT molecular complexity index is 3040. The molecular weight excluding hydrogens is 1650 g/mol. The SMILES string of the molecule is COCCOCCOCCOCCOCCOCCOCCOCCC(=O)NCCCC[C@H](NC(=O)CCCCCCC(=O)/C=C\C(=O)OC)C(=O)C[C@H](C(=O)N[C@@H](C)C(=O)Cc1ccc(CO)cc1)C(C)C.COCCOCCOCCOCCOCCOCCOCCOCCC(=O)NCCCC[C@H](NC(=O)CCCCCCC(=O)/C=C\C(=O)OC)C(=O)O. The van der Waals surface area contributed by atoms with Crippen LogP contribution in [0.4, 0.5) is 0 Å². The van der Waals surface area contributed by atoms with Crippen LogP contribution >= 0.6 is 0 Å². The van der Waals surface area contributed by atoms with E-state index < -0.39 is 47.9 Å². The Balaban J connectivity index is 0.00000261. The molecule has 0 aliphatic rings. The van der Waals surface area contributed by atoms with E-state index in [1.54, 1.807) is 45.4 Å². The summed E-state index contributed by atoms with van der Waals surface area (Å²) in [5, 5.41) is 32.7. The maximum Gasteiger partial charge on any atom is 0.330 e. The molecule has 0 saturated heterocycles. The minimum atomic E-state index is -1.10. The fourth-order valence-corrected chi connectivity index (χ4v) is 11.1. The Hall–Kier alpha value is -7.54. The molecule has 37 nitrogen and oxygen atoms in total. The molecule has 7 N–H and O–H groups in total. The number of aliphatic hydroxyl groups is 1. The number of hydrogen-bond donors (Lipinski definition) is 7. The summed E-state index contributed by atoms with van der Waals surface area (Å²) in [5.74, 6) is -5.61. The highest BCUT2D eigenvalue weighted by molar-refractivity contribution is 5.97. The lowest BCUT2D eigenvalue weighted by Crippen LogP contribution is -2.46. The molecule has 1 aromatic carbocycles. The number of benzene rings is 1. The van der Waals surface area contributed by atoms with Gasteiger partial charge in [-0.05, 0) is 100 Å². The van der Waals surface area contributed by atoms with Gasteiger partial charge in [0.15, 0.2) is 23.1 Å². The topological polar surface area (TPSA) is 472 Å². The number of aliphatic carboxylic acids is 1. The number of ether oxygens (including phenoxy) is 18. The van der Waals surface area contributed by atoms with E-state index in [9.17, 15) is 67.7 Å².